The van der Waals surface area contributed by atoms with E-state index in [9.17, 15) is 14.4 Å². The summed E-state index contributed by atoms with van der Waals surface area (Å²) in [6, 6.07) is 7.29. The van der Waals surface area contributed by atoms with Crippen LogP contribution < -0.4 is 29.2 Å². The lowest BCUT2D eigenvalue weighted by molar-refractivity contribution is -0.122. The first kappa shape index (κ1) is 30.0. The van der Waals surface area contributed by atoms with Crippen molar-refractivity contribution in [2.45, 2.75) is 52.9 Å². The Labute approximate surface area is 237 Å². The van der Waals surface area contributed by atoms with Gasteiger partial charge in [0.15, 0.2) is 23.0 Å². The van der Waals surface area contributed by atoms with Crippen LogP contribution in [-0.4, -0.2) is 44.8 Å². The van der Waals surface area contributed by atoms with Gasteiger partial charge in [-0.2, -0.15) is 0 Å². The lowest BCUT2D eigenvalue weighted by Gasteiger charge is -2.27. The van der Waals surface area contributed by atoms with Crippen molar-refractivity contribution < 1.29 is 33.3 Å². The number of ether oxygens (including phenoxy) is 4. The van der Waals surface area contributed by atoms with E-state index in [1.807, 2.05) is 13.8 Å². The second-order valence-corrected chi connectivity index (χ2v) is 9.67. The molecule has 10 heteroatoms. The van der Waals surface area contributed by atoms with Crippen molar-refractivity contribution in [2.75, 3.05) is 31.8 Å². The molecule has 0 atom stereocenters. The van der Waals surface area contributed by atoms with E-state index in [2.05, 4.69) is 28.2 Å². The zero-order chi connectivity index (χ0) is 28.4. The molecule has 210 valence electrons. The van der Waals surface area contributed by atoms with Gasteiger partial charge >= 0.3 is 6.03 Å². The molecule has 9 nitrogen and oxygen atoms in total. The monoisotopic (exact) mass is 602 g/mol. The van der Waals surface area contributed by atoms with Gasteiger partial charge in [0.05, 0.1) is 37.1 Å². The van der Waals surface area contributed by atoms with Gasteiger partial charge in [-0.05, 0) is 71.6 Å². The molecule has 0 spiro atoms. The summed E-state index contributed by atoms with van der Waals surface area (Å²) in [7, 11) is 1.47. The highest BCUT2D eigenvalue weighted by Crippen LogP contribution is 2.38. The summed E-state index contributed by atoms with van der Waals surface area (Å²) in [6.07, 6.45) is 6.52. The number of rotatable bonds is 14. The predicted molar refractivity (Wildman–Crippen MR) is 153 cm³/mol. The number of unbranched alkanes of at least 4 members (excludes halogenated alkanes) is 3. The summed E-state index contributed by atoms with van der Waals surface area (Å²) in [4.78, 5) is 39.8. The second-order valence-electron chi connectivity index (χ2n) is 8.81. The molecule has 0 radical (unpaired) electrons. The number of amides is 4. The molecule has 1 heterocycles. The zero-order valence-corrected chi connectivity index (χ0v) is 24.4. The fraction of sp³-hybridized carbons (Fsp3) is 0.414. The van der Waals surface area contributed by atoms with Crippen LogP contribution in [0.1, 0.15) is 58.4 Å². The molecule has 2 aromatic carbocycles. The first-order chi connectivity index (χ1) is 18.8. The van der Waals surface area contributed by atoms with Crippen LogP contribution in [0.3, 0.4) is 0 Å². The lowest BCUT2D eigenvalue weighted by atomic mass is 10.1. The van der Waals surface area contributed by atoms with Crippen molar-refractivity contribution in [3.8, 4) is 23.0 Å². The smallest absolute Gasteiger partial charge is 0.335 e. The lowest BCUT2D eigenvalue weighted by Crippen LogP contribution is -2.54. The van der Waals surface area contributed by atoms with Crippen LogP contribution in [-0.2, 0) is 9.59 Å². The number of hydrogen-bond donors (Lipinski definition) is 1. The van der Waals surface area contributed by atoms with Gasteiger partial charge in [-0.3, -0.25) is 14.9 Å². The van der Waals surface area contributed by atoms with Crippen molar-refractivity contribution in [3.05, 3.63) is 45.9 Å². The number of anilines is 1. The van der Waals surface area contributed by atoms with Gasteiger partial charge in [0, 0.05) is 6.07 Å². The van der Waals surface area contributed by atoms with Crippen LogP contribution in [0.15, 0.2) is 40.4 Å². The average Bonchev–Trinajstić information content (AvgIpc) is 2.91. The van der Waals surface area contributed by atoms with E-state index in [0.717, 1.165) is 37.0 Å². The molecule has 1 N–H and O–H groups in total. The molecule has 4 amide bonds. The van der Waals surface area contributed by atoms with E-state index in [1.54, 1.807) is 24.3 Å². The van der Waals surface area contributed by atoms with Crippen molar-refractivity contribution in [2.24, 2.45) is 0 Å². The highest BCUT2D eigenvalue weighted by atomic mass is 79.9. The number of methoxy groups -OCH3 is 1. The number of nitrogens with one attached hydrogen (secondary N) is 1. The molecule has 0 saturated carbocycles. The van der Waals surface area contributed by atoms with Crippen LogP contribution in [0.5, 0.6) is 23.0 Å². The maximum absolute atomic E-state index is 13.4. The minimum absolute atomic E-state index is 0.206. The standard InChI is InChI=1S/C29H35BrN2O7/c1-5-8-9-10-14-39-26-22(30)16-19(17-25(26)37-7-3)15-21-27(33)31-29(35)32(28(21)34)20-11-12-23(38-13-6-2)24(18-20)36-4/h11-12,15-18H,5-10,13-14H2,1-4H3,(H,31,33,35)/b21-15-. The van der Waals surface area contributed by atoms with E-state index in [0.29, 0.717) is 52.9 Å². The Bertz CT molecular complexity index is 1230. The van der Waals surface area contributed by atoms with Gasteiger partial charge in [-0.25, -0.2) is 9.69 Å². The van der Waals surface area contributed by atoms with Gasteiger partial charge < -0.3 is 18.9 Å². The van der Waals surface area contributed by atoms with Gasteiger partial charge in [-0.15, -0.1) is 0 Å². The predicted octanol–water partition coefficient (Wildman–Crippen LogP) is 6.27. The van der Waals surface area contributed by atoms with Crippen LogP contribution in [0.2, 0.25) is 0 Å². The first-order valence-corrected chi connectivity index (χ1v) is 13.9. The average molecular weight is 604 g/mol. The van der Waals surface area contributed by atoms with E-state index in [4.69, 9.17) is 18.9 Å². The molecule has 1 aliphatic heterocycles. The molecule has 2 aromatic rings. The number of benzene rings is 2. The van der Waals surface area contributed by atoms with Crippen molar-refractivity contribution in [3.63, 3.8) is 0 Å². The third kappa shape index (κ3) is 7.53. The Morgan fingerprint density at radius 2 is 1.67 bits per heavy atom. The normalized spacial score (nSPS) is 14.4. The fourth-order valence-electron chi connectivity index (χ4n) is 3.96. The minimum atomic E-state index is -0.852. The molecule has 0 unspecified atom stereocenters. The molecule has 1 aliphatic rings. The van der Waals surface area contributed by atoms with Crippen LogP contribution in [0, 0.1) is 0 Å². The molecule has 0 bridgehead atoms. The molecule has 1 saturated heterocycles. The molecular weight excluding hydrogens is 568 g/mol. The van der Waals surface area contributed by atoms with Gasteiger partial charge in [0.25, 0.3) is 11.8 Å². The number of barbiturate groups is 1. The summed E-state index contributed by atoms with van der Waals surface area (Å²) in [5.74, 6) is 0.336. The van der Waals surface area contributed by atoms with Gasteiger partial charge in [0.1, 0.15) is 5.57 Å². The Balaban J connectivity index is 1.91. The quantitative estimate of drug-likeness (QED) is 0.154. The van der Waals surface area contributed by atoms with Gasteiger partial charge in [-0.1, -0.05) is 33.1 Å². The van der Waals surface area contributed by atoms with Crippen molar-refractivity contribution in [1.82, 2.24) is 5.32 Å². The summed E-state index contributed by atoms with van der Waals surface area (Å²) in [5.41, 5.74) is 0.555. The third-order valence-corrected chi connectivity index (χ3v) is 6.44. The first-order valence-electron chi connectivity index (χ1n) is 13.2. The fourth-order valence-corrected chi connectivity index (χ4v) is 4.54. The SMILES string of the molecule is CCCCCCOc1c(Br)cc(/C=C2/C(=O)NC(=O)N(c3ccc(OCCC)c(OC)c3)C2=O)cc1OCC. The third-order valence-electron chi connectivity index (χ3n) is 5.86. The molecule has 3 rings (SSSR count). The van der Waals surface area contributed by atoms with E-state index >= 15 is 0 Å². The highest BCUT2D eigenvalue weighted by Gasteiger charge is 2.37. The summed E-state index contributed by atoms with van der Waals surface area (Å²) >= 11 is 3.53. The Morgan fingerprint density at radius 3 is 2.36 bits per heavy atom. The second kappa shape index (κ2) is 14.6. The number of hydrogen-bond acceptors (Lipinski definition) is 7. The minimum Gasteiger partial charge on any atom is -0.493 e. The molecule has 0 aromatic heterocycles. The Morgan fingerprint density at radius 1 is 0.872 bits per heavy atom. The molecule has 1 fully saturated rings. The van der Waals surface area contributed by atoms with Gasteiger partial charge in [0.2, 0.25) is 0 Å². The number of halogens is 1. The molecular formula is C29H35BrN2O7. The Hall–Kier alpha value is -3.53. The number of nitrogens with zero attached hydrogens (tertiary/aromatic N) is 1. The summed E-state index contributed by atoms with van der Waals surface area (Å²) in [5, 5.41) is 2.24. The summed E-state index contributed by atoms with van der Waals surface area (Å²) < 4.78 is 23.5. The van der Waals surface area contributed by atoms with E-state index in [1.165, 1.54) is 19.3 Å². The van der Waals surface area contributed by atoms with Crippen molar-refractivity contribution in [1.29, 1.82) is 0 Å². The number of carbonyl (C=O) groups excluding carboxylic acids is 3. The molecule has 0 aliphatic carbocycles. The summed E-state index contributed by atoms with van der Waals surface area (Å²) in [6.45, 7) is 7.43. The zero-order valence-electron chi connectivity index (χ0n) is 22.8. The van der Waals surface area contributed by atoms with Crippen LogP contribution in [0.25, 0.3) is 6.08 Å². The van der Waals surface area contributed by atoms with Crippen LogP contribution >= 0.6 is 15.9 Å². The van der Waals surface area contributed by atoms with Crippen molar-refractivity contribution >= 4 is 45.5 Å². The maximum Gasteiger partial charge on any atom is 0.335 e. The van der Waals surface area contributed by atoms with E-state index in [-0.39, 0.29) is 11.3 Å². The topological polar surface area (TPSA) is 103 Å². The number of urea groups is 1. The maximum atomic E-state index is 13.4. The number of carbonyl (C=O) groups is 3. The highest BCUT2D eigenvalue weighted by molar-refractivity contribution is 9.10. The van der Waals surface area contributed by atoms with E-state index < -0.39 is 17.8 Å². The number of imide groups is 2. The largest absolute Gasteiger partial charge is 0.493 e. The molecule has 39 heavy (non-hydrogen) atoms. The Kier molecular flexibility index (Phi) is 11.2. The van der Waals surface area contributed by atoms with Crippen LogP contribution in [0.4, 0.5) is 10.5 Å².